The van der Waals surface area contributed by atoms with Gasteiger partial charge in [0, 0.05) is 44.2 Å². The molecule has 1 atom stereocenters. The number of aryl methyl sites for hydroxylation is 1. The summed E-state index contributed by atoms with van der Waals surface area (Å²) in [4.78, 5) is 18.3. The van der Waals surface area contributed by atoms with E-state index < -0.39 is 6.43 Å². The van der Waals surface area contributed by atoms with Crippen LogP contribution in [-0.4, -0.2) is 45.2 Å². The smallest absolute Gasteiger partial charge is 0.278 e. The number of carbonyl (C=O) groups excluding carboxylic acids is 1. The molecular formula is C17H21F2N3O2. The third-order valence-electron chi connectivity index (χ3n) is 4.59. The van der Waals surface area contributed by atoms with Crippen molar-refractivity contribution in [3.63, 3.8) is 0 Å². The zero-order valence-electron chi connectivity index (χ0n) is 13.4. The van der Waals surface area contributed by atoms with Gasteiger partial charge in [0.1, 0.15) is 5.65 Å². The number of piperidine rings is 1. The molecule has 1 amide bonds. The first kappa shape index (κ1) is 16.8. The Morgan fingerprint density at radius 2 is 2.29 bits per heavy atom. The molecule has 0 radical (unpaired) electrons. The summed E-state index contributed by atoms with van der Waals surface area (Å²) in [6.45, 7) is 1.47. The molecule has 7 heteroatoms. The van der Waals surface area contributed by atoms with E-state index in [4.69, 9.17) is 0 Å². The molecule has 3 heterocycles. The Morgan fingerprint density at radius 3 is 3.04 bits per heavy atom. The van der Waals surface area contributed by atoms with E-state index in [1.807, 2.05) is 0 Å². The third kappa shape index (κ3) is 3.40. The molecule has 2 aromatic rings. The van der Waals surface area contributed by atoms with Crippen LogP contribution in [0.4, 0.5) is 8.78 Å². The number of carbonyl (C=O) groups is 1. The van der Waals surface area contributed by atoms with Crippen molar-refractivity contribution in [3.8, 4) is 0 Å². The fraction of sp³-hybridized carbons (Fsp3) is 0.529. The van der Waals surface area contributed by atoms with Crippen LogP contribution >= 0.6 is 0 Å². The Labute approximate surface area is 138 Å². The first-order valence-electron chi connectivity index (χ1n) is 8.21. The molecule has 1 aliphatic rings. The molecule has 130 valence electrons. The van der Waals surface area contributed by atoms with Crippen molar-refractivity contribution >= 4 is 16.9 Å². The van der Waals surface area contributed by atoms with Gasteiger partial charge in [-0.3, -0.25) is 4.79 Å². The van der Waals surface area contributed by atoms with Crippen LogP contribution in [0.15, 0.2) is 24.4 Å². The maximum atomic E-state index is 13.3. The number of aliphatic hydroxyl groups excluding tert-OH is 1. The minimum atomic E-state index is -2.61. The van der Waals surface area contributed by atoms with Crippen molar-refractivity contribution in [2.45, 2.75) is 32.2 Å². The average molecular weight is 337 g/mol. The average Bonchev–Trinajstić information content (AvgIpc) is 2.98. The molecule has 1 fully saturated rings. The number of aromatic nitrogens is 2. The molecule has 1 N–H and O–H groups in total. The van der Waals surface area contributed by atoms with Crippen molar-refractivity contribution in [2.24, 2.45) is 5.92 Å². The summed E-state index contributed by atoms with van der Waals surface area (Å²) in [7, 11) is 0. The van der Waals surface area contributed by atoms with Crippen molar-refractivity contribution in [1.82, 2.24) is 14.5 Å². The standard InChI is InChI=1S/C17H21F2N3O2/c18-16(19)14-9-13-4-1-6-20-17(13)22(14)8-5-15(24)21-7-2-3-12(10-21)11-23/h1,4,6,9,12,16,23H,2-3,5,7-8,10-11H2/t12-/m1/s1. The first-order valence-corrected chi connectivity index (χ1v) is 8.21. The van der Waals surface area contributed by atoms with Crippen LogP contribution in [0.1, 0.15) is 31.4 Å². The van der Waals surface area contributed by atoms with E-state index in [0.717, 1.165) is 12.8 Å². The van der Waals surface area contributed by atoms with Gasteiger partial charge >= 0.3 is 0 Å². The summed E-state index contributed by atoms with van der Waals surface area (Å²) in [6, 6.07) is 4.87. The lowest BCUT2D eigenvalue weighted by molar-refractivity contribution is -0.133. The highest BCUT2D eigenvalue weighted by atomic mass is 19.3. The lowest BCUT2D eigenvalue weighted by Gasteiger charge is -2.32. The van der Waals surface area contributed by atoms with Crippen molar-refractivity contribution in [1.29, 1.82) is 0 Å². The monoisotopic (exact) mass is 337 g/mol. The minimum absolute atomic E-state index is 0.0638. The van der Waals surface area contributed by atoms with Gasteiger partial charge < -0.3 is 14.6 Å². The minimum Gasteiger partial charge on any atom is -0.396 e. The van der Waals surface area contributed by atoms with E-state index in [1.165, 1.54) is 10.6 Å². The molecule has 5 nitrogen and oxygen atoms in total. The van der Waals surface area contributed by atoms with Gasteiger partial charge in [0.25, 0.3) is 6.43 Å². The van der Waals surface area contributed by atoms with Gasteiger partial charge in [-0.05, 0) is 37.0 Å². The Bertz CT molecular complexity index is 717. The number of halogens is 2. The molecule has 24 heavy (non-hydrogen) atoms. The third-order valence-corrected chi connectivity index (χ3v) is 4.59. The predicted molar refractivity (Wildman–Crippen MR) is 85.7 cm³/mol. The lowest BCUT2D eigenvalue weighted by atomic mass is 9.99. The largest absolute Gasteiger partial charge is 0.396 e. The van der Waals surface area contributed by atoms with Crippen LogP contribution in [0.5, 0.6) is 0 Å². The van der Waals surface area contributed by atoms with Crippen LogP contribution in [-0.2, 0) is 11.3 Å². The summed E-state index contributed by atoms with van der Waals surface area (Å²) in [6.07, 6.45) is 0.892. The summed E-state index contributed by atoms with van der Waals surface area (Å²) >= 11 is 0. The molecule has 0 bridgehead atoms. The number of fused-ring (bicyclic) bond motifs is 1. The Balaban J connectivity index is 1.73. The van der Waals surface area contributed by atoms with Crippen LogP contribution < -0.4 is 0 Å². The maximum absolute atomic E-state index is 13.3. The van der Waals surface area contributed by atoms with Gasteiger partial charge in [-0.1, -0.05) is 0 Å². The fourth-order valence-corrected chi connectivity index (χ4v) is 3.33. The molecule has 1 saturated heterocycles. The summed E-state index contributed by atoms with van der Waals surface area (Å²) in [5, 5.41) is 9.90. The van der Waals surface area contributed by atoms with Gasteiger partial charge in [-0.25, -0.2) is 13.8 Å². The van der Waals surface area contributed by atoms with E-state index >= 15 is 0 Å². The van der Waals surface area contributed by atoms with E-state index in [0.29, 0.717) is 24.1 Å². The van der Waals surface area contributed by atoms with E-state index in [2.05, 4.69) is 4.98 Å². The second-order valence-corrected chi connectivity index (χ2v) is 6.22. The molecule has 0 aromatic carbocycles. The molecule has 0 unspecified atom stereocenters. The fourth-order valence-electron chi connectivity index (χ4n) is 3.33. The highest BCUT2D eigenvalue weighted by Gasteiger charge is 2.24. The summed E-state index contributed by atoms with van der Waals surface area (Å²) in [5.74, 6) is 0.0551. The number of aliphatic hydroxyl groups is 1. The summed E-state index contributed by atoms with van der Waals surface area (Å²) < 4.78 is 28.0. The number of pyridine rings is 1. The van der Waals surface area contributed by atoms with Crippen molar-refractivity contribution in [3.05, 3.63) is 30.1 Å². The molecule has 2 aromatic heterocycles. The van der Waals surface area contributed by atoms with E-state index in [1.54, 1.807) is 23.2 Å². The molecule has 3 rings (SSSR count). The predicted octanol–water partition coefficient (Wildman–Crippen LogP) is 2.59. The number of hydrogen-bond acceptors (Lipinski definition) is 3. The van der Waals surface area contributed by atoms with Gasteiger partial charge in [-0.15, -0.1) is 0 Å². The van der Waals surface area contributed by atoms with Gasteiger partial charge in [0.2, 0.25) is 5.91 Å². The SMILES string of the molecule is O=C(CCn1c(C(F)F)cc2cccnc21)N1CCC[C@@H](CO)C1. The van der Waals surface area contributed by atoms with E-state index in [9.17, 15) is 18.7 Å². The summed E-state index contributed by atoms with van der Waals surface area (Å²) in [5.41, 5.74) is 0.371. The topological polar surface area (TPSA) is 58.4 Å². The number of hydrogen-bond donors (Lipinski definition) is 1. The Hall–Kier alpha value is -2.02. The van der Waals surface area contributed by atoms with Crippen molar-refractivity contribution < 1.29 is 18.7 Å². The molecule has 1 aliphatic heterocycles. The second kappa shape index (κ2) is 7.25. The highest BCUT2D eigenvalue weighted by Crippen LogP contribution is 2.27. The second-order valence-electron chi connectivity index (χ2n) is 6.22. The zero-order valence-corrected chi connectivity index (χ0v) is 13.4. The number of likely N-dealkylation sites (tertiary alicyclic amines) is 1. The molecule has 0 saturated carbocycles. The van der Waals surface area contributed by atoms with Crippen LogP contribution in [0, 0.1) is 5.92 Å². The van der Waals surface area contributed by atoms with Gasteiger partial charge in [0.15, 0.2) is 0 Å². The lowest BCUT2D eigenvalue weighted by Crippen LogP contribution is -2.41. The zero-order chi connectivity index (χ0) is 17.1. The molecule has 0 spiro atoms. The molecular weight excluding hydrogens is 316 g/mol. The maximum Gasteiger partial charge on any atom is 0.278 e. The number of rotatable bonds is 5. The van der Waals surface area contributed by atoms with Gasteiger partial charge in [-0.2, -0.15) is 0 Å². The number of nitrogens with zero attached hydrogens (tertiary/aromatic N) is 3. The highest BCUT2D eigenvalue weighted by molar-refractivity contribution is 5.79. The Kier molecular flexibility index (Phi) is 5.08. The van der Waals surface area contributed by atoms with E-state index in [-0.39, 0.29) is 37.1 Å². The van der Waals surface area contributed by atoms with Crippen molar-refractivity contribution in [2.75, 3.05) is 19.7 Å². The normalized spacial score (nSPS) is 18.5. The number of alkyl halides is 2. The van der Waals surface area contributed by atoms with Gasteiger partial charge in [0.05, 0.1) is 5.69 Å². The number of amides is 1. The molecule has 0 aliphatic carbocycles. The Morgan fingerprint density at radius 1 is 1.46 bits per heavy atom. The van der Waals surface area contributed by atoms with Crippen LogP contribution in [0.25, 0.3) is 11.0 Å². The quantitative estimate of drug-likeness (QED) is 0.912. The van der Waals surface area contributed by atoms with Crippen LogP contribution in [0.2, 0.25) is 0 Å². The first-order chi connectivity index (χ1) is 11.6. The van der Waals surface area contributed by atoms with Crippen LogP contribution in [0.3, 0.4) is 0 Å².